The molecule has 2 heterocycles. The van der Waals surface area contributed by atoms with Gasteiger partial charge in [-0.2, -0.15) is 0 Å². The highest BCUT2D eigenvalue weighted by Gasteiger charge is 2.08. The second kappa shape index (κ2) is 13.1. The average Bonchev–Trinajstić information content (AvgIpc) is 3.39. The van der Waals surface area contributed by atoms with Crippen LogP contribution in [0.25, 0.3) is 0 Å². The average molecular weight is 552 g/mol. The van der Waals surface area contributed by atoms with Crippen molar-refractivity contribution in [2.45, 2.75) is 26.4 Å². The van der Waals surface area contributed by atoms with Gasteiger partial charge >= 0.3 is 0 Å². The van der Waals surface area contributed by atoms with Crippen molar-refractivity contribution in [1.29, 1.82) is 0 Å². The van der Waals surface area contributed by atoms with Crippen molar-refractivity contribution in [1.82, 2.24) is 25.4 Å². The molecule has 2 N–H and O–H groups in total. The fraction of sp³-hybridized carbons (Fsp3) is 0.318. The molecule has 0 amide bonds. The van der Waals surface area contributed by atoms with E-state index in [4.69, 9.17) is 9.73 Å². The second-order valence-electron chi connectivity index (χ2n) is 6.70. The molecular formula is C22H29IN6OS. The Morgan fingerprint density at radius 1 is 1.23 bits per heavy atom. The maximum atomic E-state index is 5.75. The lowest BCUT2D eigenvalue weighted by atomic mass is 10.2. The number of hydrogen-bond acceptors (Lipinski definition) is 5. The second-order valence-corrected chi connectivity index (χ2v) is 7.74. The highest BCUT2D eigenvalue weighted by Crippen LogP contribution is 2.18. The fourth-order valence-electron chi connectivity index (χ4n) is 2.79. The molecule has 0 saturated carbocycles. The number of aliphatic imine (C=N–C) groups is 1. The lowest BCUT2D eigenvalue weighted by Crippen LogP contribution is -2.38. The third-order valence-corrected chi connectivity index (χ3v) is 5.51. The van der Waals surface area contributed by atoms with Crippen LogP contribution in [0.5, 0.6) is 5.75 Å². The SMILES string of the molecule is C=CCOc1ccccc1CN=C(NCCc1cccs1)NCc1nnc(C)n1C.I. The van der Waals surface area contributed by atoms with Crippen molar-refractivity contribution in [3.63, 3.8) is 0 Å². The van der Waals surface area contributed by atoms with Gasteiger partial charge in [0.2, 0.25) is 0 Å². The van der Waals surface area contributed by atoms with Gasteiger partial charge in [-0.05, 0) is 30.9 Å². The van der Waals surface area contributed by atoms with Crippen LogP contribution in [0.2, 0.25) is 0 Å². The van der Waals surface area contributed by atoms with Gasteiger partial charge in [-0.15, -0.1) is 45.5 Å². The van der Waals surface area contributed by atoms with Crippen molar-refractivity contribution in [2.24, 2.45) is 12.0 Å². The van der Waals surface area contributed by atoms with Gasteiger partial charge in [0, 0.05) is 24.0 Å². The molecule has 0 aliphatic rings. The number of nitrogens with one attached hydrogen (secondary N) is 2. The summed E-state index contributed by atoms with van der Waals surface area (Å²) in [7, 11) is 1.96. The molecule has 0 saturated heterocycles. The summed E-state index contributed by atoms with van der Waals surface area (Å²) in [4.78, 5) is 6.11. The van der Waals surface area contributed by atoms with E-state index >= 15 is 0 Å². The highest BCUT2D eigenvalue weighted by molar-refractivity contribution is 14.0. The molecule has 0 bridgehead atoms. The zero-order valence-electron chi connectivity index (χ0n) is 17.9. The standard InChI is InChI=1S/C22H28N6OS.HI/c1-4-13-29-20-10-6-5-8-18(20)15-24-22(23-12-11-19-9-7-14-30-19)25-16-21-27-26-17(2)28(21)3;/h4-10,14H,1,11-13,15-16H2,2-3H3,(H2,23,24,25);1H. The van der Waals surface area contributed by atoms with Gasteiger partial charge in [-0.3, -0.25) is 0 Å². The van der Waals surface area contributed by atoms with Crippen LogP contribution in [0.3, 0.4) is 0 Å². The van der Waals surface area contributed by atoms with E-state index in [1.165, 1.54) is 4.88 Å². The predicted octanol–water partition coefficient (Wildman–Crippen LogP) is 3.85. The third kappa shape index (κ3) is 7.66. The number of rotatable bonds is 10. The van der Waals surface area contributed by atoms with Crippen molar-refractivity contribution >= 4 is 41.3 Å². The van der Waals surface area contributed by atoms with Crippen molar-refractivity contribution < 1.29 is 4.74 Å². The minimum absolute atomic E-state index is 0. The van der Waals surface area contributed by atoms with Crippen LogP contribution in [-0.2, 0) is 26.6 Å². The number of aryl methyl sites for hydroxylation is 1. The summed E-state index contributed by atoms with van der Waals surface area (Å²) in [5.41, 5.74) is 1.02. The van der Waals surface area contributed by atoms with Gasteiger partial charge in [0.15, 0.2) is 11.8 Å². The molecular weight excluding hydrogens is 523 g/mol. The lowest BCUT2D eigenvalue weighted by Gasteiger charge is -2.13. The first-order valence-corrected chi connectivity index (χ1v) is 10.8. The van der Waals surface area contributed by atoms with Crippen LogP contribution in [0.4, 0.5) is 0 Å². The largest absolute Gasteiger partial charge is 0.489 e. The molecule has 0 aliphatic heterocycles. The summed E-state index contributed by atoms with van der Waals surface area (Å²) in [6.45, 7) is 7.94. The Bertz CT molecular complexity index is 970. The molecule has 0 atom stereocenters. The molecule has 1 aromatic carbocycles. The molecule has 3 rings (SSSR count). The van der Waals surface area contributed by atoms with Gasteiger partial charge in [0.1, 0.15) is 18.2 Å². The molecule has 3 aromatic rings. The normalized spacial score (nSPS) is 11.0. The number of aromatic nitrogens is 3. The number of para-hydroxylation sites is 1. The fourth-order valence-corrected chi connectivity index (χ4v) is 3.50. The summed E-state index contributed by atoms with van der Waals surface area (Å²) < 4.78 is 7.72. The Kier molecular flexibility index (Phi) is 10.5. The van der Waals surface area contributed by atoms with E-state index in [2.05, 4.69) is 44.9 Å². The highest BCUT2D eigenvalue weighted by atomic mass is 127. The maximum Gasteiger partial charge on any atom is 0.191 e. The van der Waals surface area contributed by atoms with E-state index in [0.717, 1.165) is 41.9 Å². The van der Waals surface area contributed by atoms with Crippen molar-refractivity contribution in [3.8, 4) is 5.75 Å². The summed E-state index contributed by atoms with van der Waals surface area (Å²) in [5, 5.41) is 17.2. The minimum atomic E-state index is 0. The van der Waals surface area contributed by atoms with Crippen LogP contribution in [-0.4, -0.2) is 33.9 Å². The van der Waals surface area contributed by atoms with Gasteiger partial charge in [0.05, 0.1) is 13.1 Å². The summed E-state index contributed by atoms with van der Waals surface area (Å²) in [6, 6.07) is 12.1. The quantitative estimate of drug-likeness (QED) is 0.173. The third-order valence-electron chi connectivity index (χ3n) is 4.58. The summed E-state index contributed by atoms with van der Waals surface area (Å²) in [5.74, 6) is 3.29. The van der Waals surface area contributed by atoms with Crippen LogP contribution >= 0.6 is 35.3 Å². The molecule has 0 unspecified atom stereocenters. The number of thiophene rings is 1. The molecule has 7 nitrogen and oxygen atoms in total. The molecule has 2 aromatic heterocycles. The summed E-state index contributed by atoms with van der Waals surface area (Å²) >= 11 is 1.76. The molecule has 0 spiro atoms. The molecule has 0 fully saturated rings. The topological polar surface area (TPSA) is 76.4 Å². The molecule has 166 valence electrons. The minimum Gasteiger partial charge on any atom is -0.489 e. The van der Waals surface area contributed by atoms with E-state index in [9.17, 15) is 0 Å². The number of ether oxygens (including phenoxy) is 1. The number of benzene rings is 1. The number of halogens is 1. The monoisotopic (exact) mass is 552 g/mol. The van der Waals surface area contributed by atoms with Crippen molar-refractivity contribution in [2.75, 3.05) is 13.2 Å². The number of nitrogens with zero attached hydrogens (tertiary/aromatic N) is 4. The first-order valence-electron chi connectivity index (χ1n) is 9.88. The van der Waals surface area contributed by atoms with Crippen LogP contribution in [0.1, 0.15) is 22.1 Å². The predicted molar refractivity (Wildman–Crippen MR) is 137 cm³/mol. The van der Waals surface area contributed by atoms with Gasteiger partial charge in [-0.1, -0.05) is 36.9 Å². The van der Waals surface area contributed by atoms with Crippen LogP contribution in [0, 0.1) is 6.92 Å². The molecule has 9 heteroatoms. The zero-order chi connectivity index (χ0) is 21.2. The van der Waals surface area contributed by atoms with Crippen LogP contribution in [0.15, 0.2) is 59.4 Å². The molecule has 31 heavy (non-hydrogen) atoms. The first kappa shape index (κ1) is 24.9. The maximum absolute atomic E-state index is 5.75. The van der Waals surface area contributed by atoms with E-state index in [-0.39, 0.29) is 24.0 Å². The Labute approximate surface area is 204 Å². The number of hydrogen-bond donors (Lipinski definition) is 2. The lowest BCUT2D eigenvalue weighted by molar-refractivity contribution is 0.359. The molecule has 0 radical (unpaired) electrons. The molecule has 0 aliphatic carbocycles. The van der Waals surface area contributed by atoms with Gasteiger partial charge in [-0.25, -0.2) is 4.99 Å². The Balaban J connectivity index is 0.00000341. The Hall–Kier alpha value is -2.40. The van der Waals surface area contributed by atoms with E-state index in [0.29, 0.717) is 19.7 Å². The van der Waals surface area contributed by atoms with Crippen LogP contribution < -0.4 is 15.4 Å². The Morgan fingerprint density at radius 2 is 2.06 bits per heavy atom. The smallest absolute Gasteiger partial charge is 0.191 e. The van der Waals surface area contributed by atoms with Crippen molar-refractivity contribution in [3.05, 3.63) is 76.5 Å². The van der Waals surface area contributed by atoms with Gasteiger partial charge in [0.25, 0.3) is 0 Å². The summed E-state index contributed by atoms with van der Waals surface area (Å²) in [6.07, 6.45) is 2.68. The Morgan fingerprint density at radius 3 is 2.77 bits per heavy atom. The van der Waals surface area contributed by atoms with Gasteiger partial charge < -0.3 is 19.9 Å². The van der Waals surface area contributed by atoms with E-state index in [1.54, 1.807) is 17.4 Å². The van der Waals surface area contributed by atoms with E-state index in [1.807, 2.05) is 42.8 Å². The zero-order valence-corrected chi connectivity index (χ0v) is 21.0. The van der Waals surface area contributed by atoms with E-state index < -0.39 is 0 Å². The first-order chi connectivity index (χ1) is 14.7. The number of guanidine groups is 1.